The van der Waals surface area contributed by atoms with Gasteiger partial charge in [0.1, 0.15) is 5.82 Å². The number of anilines is 1. The number of hydrogen-bond donors (Lipinski definition) is 3. The normalized spacial score (nSPS) is 15.0. The van der Waals surface area contributed by atoms with Crippen molar-refractivity contribution in [2.24, 2.45) is 0 Å². The molecule has 3 aromatic rings. The summed E-state index contributed by atoms with van der Waals surface area (Å²) in [7, 11) is 3.12. The molecule has 0 atom stereocenters. The van der Waals surface area contributed by atoms with Crippen molar-refractivity contribution in [1.29, 1.82) is 0 Å². The molecule has 6 nitrogen and oxygen atoms in total. The van der Waals surface area contributed by atoms with Gasteiger partial charge < -0.3 is 15.4 Å². The fourth-order valence-electron chi connectivity index (χ4n) is 3.19. The molecule has 3 N–H and O–H groups in total. The molecular formula is C21H20F2N4O2. The van der Waals surface area contributed by atoms with Crippen molar-refractivity contribution >= 4 is 34.6 Å². The van der Waals surface area contributed by atoms with Crippen LogP contribution >= 0.6 is 0 Å². The number of halogens is 2. The highest BCUT2D eigenvalue weighted by Crippen LogP contribution is 2.36. The maximum Gasteiger partial charge on any atom is 0.244 e. The molecule has 4 rings (SSSR count). The Hall–Kier alpha value is -3.26. The average molecular weight is 398 g/mol. The second-order valence-electron chi connectivity index (χ2n) is 7.00. The maximum absolute atomic E-state index is 14.4. The van der Waals surface area contributed by atoms with Crippen LogP contribution in [0.1, 0.15) is 24.1 Å². The number of carbonyl (C=O) groups excluding carboxylic acids is 1. The molecule has 29 heavy (non-hydrogen) atoms. The van der Waals surface area contributed by atoms with E-state index < -0.39 is 17.2 Å². The van der Waals surface area contributed by atoms with Gasteiger partial charge in [-0.15, -0.1) is 0 Å². The van der Waals surface area contributed by atoms with Gasteiger partial charge >= 0.3 is 0 Å². The van der Waals surface area contributed by atoms with Crippen molar-refractivity contribution in [2.75, 3.05) is 19.5 Å². The smallest absolute Gasteiger partial charge is 0.244 e. The summed E-state index contributed by atoms with van der Waals surface area (Å²) in [5.74, 6) is -1.09. The van der Waals surface area contributed by atoms with Gasteiger partial charge in [-0.25, -0.2) is 8.78 Å². The van der Waals surface area contributed by atoms with Crippen LogP contribution in [-0.2, 0) is 4.79 Å². The lowest BCUT2D eigenvalue weighted by Crippen LogP contribution is -2.40. The molecule has 1 fully saturated rings. The van der Waals surface area contributed by atoms with Gasteiger partial charge in [0.15, 0.2) is 11.6 Å². The number of likely N-dealkylation sites (N-methyl/N-ethyl adjacent to an activating group) is 1. The van der Waals surface area contributed by atoms with Gasteiger partial charge in [-0.05, 0) is 49.7 Å². The summed E-state index contributed by atoms with van der Waals surface area (Å²) in [6.07, 6.45) is 4.92. The number of nitrogens with zero attached hydrogens (tertiary/aromatic N) is 1. The van der Waals surface area contributed by atoms with Crippen molar-refractivity contribution in [3.8, 4) is 5.75 Å². The number of aromatic amines is 1. The van der Waals surface area contributed by atoms with Crippen LogP contribution in [0.5, 0.6) is 5.75 Å². The number of fused-ring (bicyclic) bond motifs is 1. The second kappa shape index (κ2) is 7.29. The Labute approximate surface area is 165 Å². The summed E-state index contributed by atoms with van der Waals surface area (Å²) in [5, 5.41) is 13.3. The van der Waals surface area contributed by atoms with Gasteiger partial charge in [-0.2, -0.15) is 5.10 Å². The first-order valence-electron chi connectivity index (χ1n) is 9.15. The minimum absolute atomic E-state index is 0.100. The summed E-state index contributed by atoms with van der Waals surface area (Å²) in [6, 6.07) is 7.36. The summed E-state index contributed by atoms with van der Waals surface area (Å²) in [6.45, 7) is 0. The van der Waals surface area contributed by atoms with E-state index in [1.807, 2.05) is 0 Å². The molecule has 1 aliphatic rings. The molecule has 0 unspecified atom stereocenters. The predicted octanol–water partition coefficient (Wildman–Crippen LogP) is 3.71. The number of aromatic nitrogens is 2. The van der Waals surface area contributed by atoms with Crippen LogP contribution in [0.3, 0.4) is 0 Å². The highest BCUT2D eigenvalue weighted by atomic mass is 19.1. The quantitative estimate of drug-likeness (QED) is 0.592. The Balaban J connectivity index is 1.63. The summed E-state index contributed by atoms with van der Waals surface area (Å²) < 4.78 is 33.0. The molecule has 0 spiro atoms. The van der Waals surface area contributed by atoms with E-state index in [9.17, 15) is 13.6 Å². The number of methoxy groups -OCH3 is 1. The van der Waals surface area contributed by atoms with Gasteiger partial charge in [0.2, 0.25) is 5.91 Å². The number of nitrogens with one attached hydrogen (secondary N) is 3. The molecule has 0 aliphatic heterocycles. The van der Waals surface area contributed by atoms with E-state index >= 15 is 0 Å². The lowest BCUT2D eigenvalue weighted by Gasteiger charge is -2.14. The zero-order valence-electron chi connectivity index (χ0n) is 16.0. The lowest BCUT2D eigenvalue weighted by molar-refractivity contribution is -0.119. The van der Waals surface area contributed by atoms with Crippen molar-refractivity contribution in [3.63, 3.8) is 0 Å². The lowest BCUT2D eigenvalue weighted by atomic mass is 10.1. The molecule has 1 saturated carbocycles. The van der Waals surface area contributed by atoms with Gasteiger partial charge in [0.25, 0.3) is 0 Å². The van der Waals surface area contributed by atoms with Crippen LogP contribution in [-0.4, -0.2) is 35.8 Å². The second-order valence-corrected chi connectivity index (χ2v) is 7.00. The number of amides is 1. The molecule has 1 amide bonds. The third kappa shape index (κ3) is 3.58. The molecule has 1 aromatic heterocycles. The third-order valence-electron chi connectivity index (χ3n) is 5.20. The van der Waals surface area contributed by atoms with Crippen LogP contribution in [0, 0.1) is 11.6 Å². The molecule has 1 aliphatic carbocycles. The van der Waals surface area contributed by atoms with Crippen molar-refractivity contribution in [3.05, 3.63) is 53.2 Å². The van der Waals surface area contributed by atoms with E-state index in [-0.39, 0.29) is 17.3 Å². The topological polar surface area (TPSA) is 79.0 Å². The fourth-order valence-corrected chi connectivity index (χ4v) is 3.19. The number of benzene rings is 2. The molecular weight excluding hydrogens is 378 g/mol. The zero-order valence-corrected chi connectivity index (χ0v) is 16.0. The van der Waals surface area contributed by atoms with Gasteiger partial charge in [0, 0.05) is 11.5 Å². The van der Waals surface area contributed by atoms with E-state index in [1.165, 1.54) is 19.2 Å². The number of H-pyrrole nitrogens is 1. The van der Waals surface area contributed by atoms with E-state index in [1.54, 1.807) is 37.4 Å². The van der Waals surface area contributed by atoms with Crippen molar-refractivity contribution in [1.82, 2.24) is 15.5 Å². The van der Waals surface area contributed by atoms with E-state index in [0.29, 0.717) is 16.6 Å². The Morgan fingerprint density at radius 1 is 1.21 bits per heavy atom. The minimum Gasteiger partial charge on any atom is -0.494 e. The Morgan fingerprint density at radius 2 is 2.00 bits per heavy atom. The number of ether oxygens (including phenoxy) is 1. The first-order valence-corrected chi connectivity index (χ1v) is 9.15. The van der Waals surface area contributed by atoms with Crippen LogP contribution in [0.25, 0.3) is 23.1 Å². The van der Waals surface area contributed by atoms with E-state index in [2.05, 4.69) is 20.8 Å². The molecule has 8 heteroatoms. The summed E-state index contributed by atoms with van der Waals surface area (Å²) in [4.78, 5) is 12.4. The molecule has 150 valence electrons. The number of hydrogen-bond acceptors (Lipinski definition) is 4. The van der Waals surface area contributed by atoms with Crippen molar-refractivity contribution < 1.29 is 18.3 Å². The molecule has 0 radical (unpaired) electrons. The largest absolute Gasteiger partial charge is 0.494 e. The first-order chi connectivity index (χ1) is 14.0. The van der Waals surface area contributed by atoms with Crippen molar-refractivity contribution in [2.45, 2.75) is 18.4 Å². The zero-order chi connectivity index (χ0) is 20.6. The fraction of sp³-hybridized carbons (Fsp3) is 0.238. The standard InChI is InChI=1S/C21H20F2N4O2/c1-24-21(7-8-21)20(28)25-18-10-13-16(26-27-17(13)11-15(18)23)6-4-12-3-5-14(22)19(9-12)29-2/h3-6,9-11,24H,7-8H2,1-2H3,(H,25,28)(H,26,27)/b6-4+. The van der Waals surface area contributed by atoms with Gasteiger partial charge in [0.05, 0.1) is 29.5 Å². The summed E-state index contributed by atoms with van der Waals surface area (Å²) >= 11 is 0. The highest BCUT2D eigenvalue weighted by Gasteiger charge is 2.48. The highest BCUT2D eigenvalue weighted by molar-refractivity contribution is 6.02. The van der Waals surface area contributed by atoms with Gasteiger partial charge in [-0.3, -0.25) is 9.89 Å². The summed E-state index contributed by atoms with van der Waals surface area (Å²) in [5.41, 5.74) is 1.28. The third-order valence-corrected chi connectivity index (χ3v) is 5.20. The Bertz CT molecular complexity index is 1120. The van der Waals surface area contributed by atoms with Crippen LogP contribution in [0.15, 0.2) is 30.3 Å². The van der Waals surface area contributed by atoms with Crippen LogP contribution in [0.2, 0.25) is 0 Å². The molecule has 0 saturated heterocycles. The Kier molecular flexibility index (Phi) is 4.79. The monoisotopic (exact) mass is 398 g/mol. The number of carbonyl (C=O) groups is 1. The predicted molar refractivity (Wildman–Crippen MR) is 108 cm³/mol. The molecule has 2 aromatic carbocycles. The average Bonchev–Trinajstić information content (AvgIpc) is 3.44. The molecule has 0 bridgehead atoms. The maximum atomic E-state index is 14.4. The first kappa shape index (κ1) is 19.1. The van der Waals surface area contributed by atoms with E-state index in [0.717, 1.165) is 18.4 Å². The molecule has 1 heterocycles. The van der Waals surface area contributed by atoms with Gasteiger partial charge in [-0.1, -0.05) is 12.1 Å². The van der Waals surface area contributed by atoms with Crippen LogP contribution in [0.4, 0.5) is 14.5 Å². The SMILES string of the molecule is CNC1(C(=O)Nc2cc3c(/C=C/c4ccc(F)c(OC)c4)n[nH]c3cc2F)CC1. The minimum atomic E-state index is -0.609. The van der Waals surface area contributed by atoms with E-state index in [4.69, 9.17) is 4.74 Å². The number of rotatable bonds is 6. The Morgan fingerprint density at radius 3 is 2.69 bits per heavy atom. The van der Waals surface area contributed by atoms with Crippen LogP contribution < -0.4 is 15.4 Å².